The van der Waals surface area contributed by atoms with Crippen LogP contribution in [0, 0.1) is 0 Å². The molecule has 0 radical (unpaired) electrons. The first-order valence-electron chi connectivity index (χ1n) is 8.78. The molecule has 2 aromatic carbocycles. The number of carbonyl (C=O) groups is 1. The number of hydrogen-bond donors (Lipinski definition) is 1. The van der Waals surface area contributed by atoms with Crippen LogP contribution in [0.4, 0.5) is 0 Å². The number of H-pyrrole nitrogens is 1. The Morgan fingerprint density at radius 2 is 1.93 bits per heavy atom. The van der Waals surface area contributed by atoms with Gasteiger partial charge in [0.2, 0.25) is 5.82 Å². The molecule has 4 aromatic rings. The number of ether oxygens (including phenoxy) is 1. The van der Waals surface area contributed by atoms with Crippen LogP contribution in [0.2, 0.25) is 0 Å². The summed E-state index contributed by atoms with van der Waals surface area (Å²) in [4.78, 5) is 19.7. The molecule has 0 amide bonds. The Kier molecular flexibility index (Phi) is 4.46. The number of esters is 1. The lowest BCUT2D eigenvalue weighted by atomic mass is 10.0. The molecule has 0 aliphatic heterocycles. The summed E-state index contributed by atoms with van der Waals surface area (Å²) in [7, 11) is 0. The number of hydrogen-bond acceptors (Lipinski definition) is 5. The standard InChI is InChI=1S/C21H19N3O3/c1-13(2)14-7-9-15(10-8-14)20-23-19(27-24-20)12-26-21(25)17-11-22-18-6-4-3-5-16(17)18/h3-11,13,22H,12H2,1-2H3. The molecule has 2 heterocycles. The first-order chi connectivity index (χ1) is 13.1. The minimum Gasteiger partial charge on any atom is -0.452 e. The van der Waals surface area contributed by atoms with Crippen molar-refractivity contribution in [3.63, 3.8) is 0 Å². The van der Waals surface area contributed by atoms with E-state index in [9.17, 15) is 4.79 Å². The number of carbonyl (C=O) groups excluding carboxylic acids is 1. The second kappa shape index (κ2) is 7.07. The third-order valence-electron chi connectivity index (χ3n) is 4.44. The Morgan fingerprint density at radius 3 is 2.70 bits per heavy atom. The minimum atomic E-state index is -0.437. The number of rotatable bonds is 5. The second-order valence-corrected chi connectivity index (χ2v) is 6.61. The van der Waals surface area contributed by atoms with Gasteiger partial charge in [0.1, 0.15) is 0 Å². The summed E-state index contributed by atoms with van der Waals surface area (Å²) in [6.45, 7) is 4.21. The number of aromatic nitrogens is 3. The van der Waals surface area contributed by atoms with Crippen molar-refractivity contribution in [2.24, 2.45) is 0 Å². The van der Waals surface area contributed by atoms with Gasteiger partial charge in [-0.2, -0.15) is 4.98 Å². The van der Waals surface area contributed by atoms with Crippen molar-refractivity contribution in [2.75, 3.05) is 0 Å². The Labute approximate surface area is 156 Å². The van der Waals surface area contributed by atoms with Crippen LogP contribution >= 0.6 is 0 Å². The van der Waals surface area contributed by atoms with Crippen molar-refractivity contribution in [3.05, 3.63) is 71.7 Å². The van der Waals surface area contributed by atoms with Gasteiger partial charge in [0, 0.05) is 22.7 Å². The average molecular weight is 361 g/mol. The molecule has 0 aliphatic carbocycles. The SMILES string of the molecule is CC(C)c1ccc(-c2noc(COC(=O)c3c[nH]c4ccccc34)n2)cc1. The predicted octanol–water partition coefficient (Wildman–Crippen LogP) is 4.70. The van der Waals surface area contributed by atoms with Crippen LogP contribution in [0.15, 0.2) is 59.3 Å². The summed E-state index contributed by atoms with van der Waals surface area (Å²) in [5.41, 5.74) is 3.47. The van der Waals surface area contributed by atoms with Crippen molar-refractivity contribution in [2.45, 2.75) is 26.4 Å². The van der Waals surface area contributed by atoms with E-state index in [4.69, 9.17) is 9.26 Å². The van der Waals surface area contributed by atoms with Gasteiger partial charge in [-0.05, 0) is 17.5 Å². The Morgan fingerprint density at radius 1 is 1.15 bits per heavy atom. The van der Waals surface area contributed by atoms with Crippen molar-refractivity contribution in [1.29, 1.82) is 0 Å². The number of benzene rings is 2. The van der Waals surface area contributed by atoms with Crippen LogP contribution in [0.3, 0.4) is 0 Å². The predicted molar refractivity (Wildman–Crippen MR) is 101 cm³/mol. The quantitative estimate of drug-likeness (QED) is 0.521. The summed E-state index contributed by atoms with van der Waals surface area (Å²) < 4.78 is 10.5. The number of nitrogens with zero attached hydrogens (tertiary/aromatic N) is 2. The van der Waals surface area contributed by atoms with Crippen LogP contribution in [0.5, 0.6) is 0 Å². The lowest BCUT2D eigenvalue weighted by Gasteiger charge is -2.04. The summed E-state index contributed by atoms with van der Waals surface area (Å²) in [6.07, 6.45) is 1.64. The van der Waals surface area contributed by atoms with Gasteiger partial charge in [0.15, 0.2) is 6.61 Å². The highest BCUT2D eigenvalue weighted by Crippen LogP contribution is 2.21. The smallest absolute Gasteiger partial charge is 0.340 e. The number of aromatic amines is 1. The van der Waals surface area contributed by atoms with Gasteiger partial charge in [0.05, 0.1) is 5.56 Å². The van der Waals surface area contributed by atoms with Gasteiger partial charge in [0.25, 0.3) is 5.89 Å². The molecule has 0 atom stereocenters. The molecule has 1 N–H and O–H groups in total. The highest BCUT2D eigenvalue weighted by Gasteiger charge is 2.15. The van der Waals surface area contributed by atoms with E-state index in [1.165, 1.54) is 5.56 Å². The van der Waals surface area contributed by atoms with E-state index in [-0.39, 0.29) is 12.5 Å². The fourth-order valence-electron chi connectivity index (χ4n) is 2.89. The van der Waals surface area contributed by atoms with Crippen LogP contribution in [-0.4, -0.2) is 21.1 Å². The van der Waals surface area contributed by atoms with Crippen LogP contribution < -0.4 is 0 Å². The van der Waals surface area contributed by atoms with E-state index in [0.717, 1.165) is 16.5 Å². The zero-order valence-corrected chi connectivity index (χ0v) is 15.1. The van der Waals surface area contributed by atoms with Gasteiger partial charge in [-0.25, -0.2) is 4.79 Å². The number of fused-ring (bicyclic) bond motifs is 1. The molecule has 136 valence electrons. The minimum absolute atomic E-state index is 0.0740. The molecule has 0 saturated heterocycles. The van der Waals surface area contributed by atoms with E-state index < -0.39 is 5.97 Å². The van der Waals surface area contributed by atoms with Crippen LogP contribution in [-0.2, 0) is 11.3 Å². The summed E-state index contributed by atoms with van der Waals surface area (Å²) >= 11 is 0. The molecule has 4 rings (SSSR count). The molecule has 0 saturated carbocycles. The van der Waals surface area contributed by atoms with Crippen molar-refractivity contribution in [3.8, 4) is 11.4 Å². The third-order valence-corrected chi connectivity index (χ3v) is 4.44. The fourth-order valence-corrected chi connectivity index (χ4v) is 2.89. The largest absolute Gasteiger partial charge is 0.452 e. The van der Waals surface area contributed by atoms with Gasteiger partial charge < -0.3 is 14.2 Å². The van der Waals surface area contributed by atoms with Gasteiger partial charge >= 0.3 is 5.97 Å². The monoisotopic (exact) mass is 361 g/mol. The number of nitrogens with one attached hydrogen (secondary N) is 1. The average Bonchev–Trinajstić information content (AvgIpc) is 3.33. The molecule has 0 bridgehead atoms. The molecule has 0 spiro atoms. The molecule has 2 aromatic heterocycles. The summed E-state index contributed by atoms with van der Waals surface area (Å²) in [6, 6.07) is 15.6. The molecule has 0 fully saturated rings. The van der Waals surface area contributed by atoms with E-state index >= 15 is 0 Å². The zero-order valence-electron chi connectivity index (χ0n) is 15.1. The topological polar surface area (TPSA) is 81.0 Å². The number of para-hydroxylation sites is 1. The van der Waals surface area contributed by atoms with E-state index in [1.807, 2.05) is 48.5 Å². The fraction of sp³-hybridized carbons (Fsp3) is 0.190. The summed E-state index contributed by atoms with van der Waals surface area (Å²) in [5, 5.41) is 4.79. The highest BCUT2D eigenvalue weighted by atomic mass is 16.6. The molecule has 0 unspecified atom stereocenters. The summed E-state index contributed by atoms with van der Waals surface area (Å²) in [5.74, 6) is 0.756. The Bertz CT molecular complexity index is 1080. The Hall–Kier alpha value is -3.41. The van der Waals surface area contributed by atoms with Gasteiger partial charge in [-0.1, -0.05) is 61.5 Å². The highest BCUT2D eigenvalue weighted by molar-refractivity contribution is 6.03. The zero-order chi connectivity index (χ0) is 18.8. The molecule has 0 aliphatic rings. The molecule has 6 nitrogen and oxygen atoms in total. The molecular formula is C21H19N3O3. The lowest BCUT2D eigenvalue weighted by Crippen LogP contribution is -2.04. The molecular weight excluding hydrogens is 342 g/mol. The van der Waals surface area contributed by atoms with Crippen molar-refractivity contribution in [1.82, 2.24) is 15.1 Å². The molecule has 27 heavy (non-hydrogen) atoms. The maximum absolute atomic E-state index is 12.3. The van der Waals surface area contributed by atoms with Crippen molar-refractivity contribution < 1.29 is 14.1 Å². The van der Waals surface area contributed by atoms with E-state index in [0.29, 0.717) is 17.3 Å². The van der Waals surface area contributed by atoms with E-state index in [2.05, 4.69) is 29.0 Å². The van der Waals surface area contributed by atoms with Gasteiger partial charge in [-0.3, -0.25) is 0 Å². The molecule has 6 heteroatoms. The third kappa shape index (κ3) is 3.46. The normalized spacial score (nSPS) is 11.2. The first kappa shape index (κ1) is 17.0. The van der Waals surface area contributed by atoms with Gasteiger partial charge in [-0.15, -0.1) is 0 Å². The van der Waals surface area contributed by atoms with E-state index in [1.54, 1.807) is 6.20 Å². The maximum Gasteiger partial charge on any atom is 0.340 e. The Balaban J connectivity index is 1.44. The first-order valence-corrected chi connectivity index (χ1v) is 8.78. The second-order valence-electron chi connectivity index (χ2n) is 6.61. The lowest BCUT2D eigenvalue weighted by molar-refractivity contribution is 0.0432. The van der Waals surface area contributed by atoms with Crippen molar-refractivity contribution >= 4 is 16.9 Å². The maximum atomic E-state index is 12.3. The van der Waals surface area contributed by atoms with Crippen LogP contribution in [0.1, 0.15) is 41.6 Å². The van der Waals surface area contributed by atoms with Crippen LogP contribution in [0.25, 0.3) is 22.3 Å².